The van der Waals surface area contributed by atoms with Gasteiger partial charge in [0.25, 0.3) is 5.91 Å². The number of rotatable bonds is 3. The van der Waals surface area contributed by atoms with Crippen molar-refractivity contribution in [3.05, 3.63) is 95.5 Å². The van der Waals surface area contributed by atoms with Crippen LogP contribution in [-0.2, 0) is 0 Å². The van der Waals surface area contributed by atoms with Crippen LogP contribution in [0.5, 0.6) is 0 Å². The molecule has 4 aromatic carbocycles. The molecule has 5 aromatic rings. The molecule has 0 aliphatic heterocycles. The molecule has 0 bridgehead atoms. The van der Waals surface area contributed by atoms with Crippen molar-refractivity contribution in [3.63, 3.8) is 0 Å². The third-order valence-corrected chi connectivity index (χ3v) is 5.01. The molecule has 0 unspecified atom stereocenters. The van der Waals surface area contributed by atoms with Gasteiger partial charge < -0.3 is 9.73 Å². The molecule has 1 N–H and O–H groups in total. The maximum absolute atomic E-state index is 12.7. The van der Waals surface area contributed by atoms with Crippen molar-refractivity contribution in [2.24, 2.45) is 0 Å². The number of fused-ring (bicyclic) bond motifs is 3. The molecule has 0 fully saturated rings. The lowest BCUT2D eigenvalue weighted by Gasteiger charge is -2.09. The quantitative estimate of drug-likeness (QED) is 0.374. The third kappa shape index (κ3) is 3.24. The monoisotopic (exact) mass is 398 g/mol. The summed E-state index contributed by atoms with van der Waals surface area (Å²) < 4.78 is 6.03. The third-order valence-electron chi connectivity index (χ3n) is 4.78. The summed E-state index contributed by atoms with van der Waals surface area (Å²) in [6, 6.07) is 26.2. The summed E-state index contributed by atoms with van der Waals surface area (Å²) in [7, 11) is 0. The smallest absolute Gasteiger partial charge is 0.255 e. The van der Waals surface area contributed by atoms with Gasteiger partial charge in [-0.2, -0.15) is 0 Å². The number of nitrogens with one attached hydrogen (secondary N) is 1. The lowest BCUT2D eigenvalue weighted by molar-refractivity contribution is 0.102. The van der Waals surface area contributed by atoms with Crippen LogP contribution in [-0.4, -0.2) is 10.9 Å². The molecule has 0 radical (unpaired) electrons. The van der Waals surface area contributed by atoms with E-state index in [0.717, 1.165) is 16.3 Å². The van der Waals surface area contributed by atoms with Gasteiger partial charge in [0.1, 0.15) is 5.52 Å². The van der Waals surface area contributed by atoms with E-state index in [4.69, 9.17) is 21.0 Å². The molecule has 0 saturated heterocycles. The molecular formula is C24H15ClN2O2. The summed E-state index contributed by atoms with van der Waals surface area (Å²) in [4.78, 5) is 17.4. The number of anilines is 1. The first-order valence-electron chi connectivity index (χ1n) is 9.14. The zero-order valence-corrected chi connectivity index (χ0v) is 16.0. The minimum absolute atomic E-state index is 0.249. The van der Waals surface area contributed by atoms with Crippen LogP contribution in [0.1, 0.15) is 10.4 Å². The molecule has 0 aliphatic carbocycles. The Morgan fingerprint density at radius 3 is 2.62 bits per heavy atom. The van der Waals surface area contributed by atoms with Crippen LogP contribution in [0.3, 0.4) is 0 Å². The molecular weight excluding hydrogens is 384 g/mol. The van der Waals surface area contributed by atoms with E-state index in [9.17, 15) is 4.79 Å². The van der Waals surface area contributed by atoms with Crippen molar-refractivity contribution in [2.45, 2.75) is 0 Å². The Morgan fingerprint density at radius 1 is 0.897 bits per heavy atom. The summed E-state index contributed by atoms with van der Waals surface area (Å²) in [6.45, 7) is 0. The van der Waals surface area contributed by atoms with Crippen LogP contribution in [0.15, 0.2) is 89.3 Å². The van der Waals surface area contributed by atoms with Gasteiger partial charge in [-0.05, 0) is 41.8 Å². The summed E-state index contributed by atoms with van der Waals surface area (Å²) in [5.41, 5.74) is 3.32. The van der Waals surface area contributed by atoms with Crippen LogP contribution < -0.4 is 5.32 Å². The van der Waals surface area contributed by atoms with E-state index in [1.807, 2.05) is 60.7 Å². The SMILES string of the molecule is O=C(Nc1ccccc1-c1nc2c(ccc3ccccc32)o1)c1cccc(Cl)c1. The normalized spacial score (nSPS) is 11.1. The number of hydrogen-bond donors (Lipinski definition) is 1. The Balaban J connectivity index is 1.57. The lowest BCUT2D eigenvalue weighted by atomic mass is 10.1. The van der Waals surface area contributed by atoms with Crippen molar-refractivity contribution in [3.8, 4) is 11.5 Å². The Hall–Kier alpha value is -3.63. The molecule has 0 saturated carbocycles. The standard InChI is InChI=1S/C24H15ClN2O2/c25-17-8-5-7-16(14-17)23(28)26-20-11-4-3-10-19(20)24-27-22-18-9-2-1-6-15(18)12-13-21(22)29-24/h1-14H,(H,26,28). The first-order chi connectivity index (χ1) is 14.2. The molecule has 29 heavy (non-hydrogen) atoms. The topological polar surface area (TPSA) is 55.1 Å². The highest BCUT2D eigenvalue weighted by atomic mass is 35.5. The number of carbonyl (C=O) groups excluding carboxylic acids is 1. The van der Waals surface area contributed by atoms with Crippen molar-refractivity contribution >= 4 is 45.1 Å². The Morgan fingerprint density at radius 2 is 1.72 bits per heavy atom. The van der Waals surface area contributed by atoms with Gasteiger partial charge in [-0.1, -0.05) is 60.1 Å². The fourth-order valence-corrected chi connectivity index (χ4v) is 3.57. The van der Waals surface area contributed by atoms with Gasteiger partial charge in [-0.25, -0.2) is 4.98 Å². The highest BCUT2D eigenvalue weighted by molar-refractivity contribution is 6.31. The van der Waals surface area contributed by atoms with Crippen molar-refractivity contribution < 1.29 is 9.21 Å². The minimum Gasteiger partial charge on any atom is -0.436 e. The van der Waals surface area contributed by atoms with Gasteiger partial charge >= 0.3 is 0 Å². The van der Waals surface area contributed by atoms with Gasteiger partial charge in [0.15, 0.2) is 5.58 Å². The predicted molar refractivity (Wildman–Crippen MR) is 116 cm³/mol. The predicted octanol–water partition coefficient (Wildman–Crippen LogP) is 6.55. The van der Waals surface area contributed by atoms with Crippen LogP contribution in [0.4, 0.5) is 5.69 Å². The average Bonchev–Trinajstić information content (AvgIpc) is 3.19. The summed E-state index contributed by atoms with van der Waals surface area (Å²) in [6.07, 6.45) is 0. The summed E-state index contributed by atoms with van der Waals surface area (Å²) in [5, 5.41) is 5.57. The fourth-order valence-electron chi connectivity index (χ4n) is 3.38. The fraction of sp³-hybridized carbons (Fsp3) is 0. The highest BCUT2D eigenvalue weighted by Gasteiger charge is 2.16. The van der Waals surface area contributed by atoms with E-state index in [-0.39, 0.29) is 5.91 Å². The first kappa shape index (κ1) is 17.5. The molecule has 4 nitrogen and oxygen atoms in total. The molecule has 0 spiro atoms. The van der Waals surface area contributed by atoms with Crippen molar-refractivity contribution in [1.82, 2.24) is 4.98 Å². The Bertz CT molecular complexity index is 1370. The molecule has 1 aromatic heterocycles. The molecule has 1 amide bonds. The number of carbonyl (C=O) groups is 1. The lowest BCUT2D eigenvalue weighted by Crippen LogP contribution is -2.12. The van der Waals surface area contributed by atoms with E-state index < -0.39 is 0 Å². The van der Waals surface area contributed by atoms with Gasteiger partial charge in [-0.15, -0.1) is 0 Å². The first-order valence-corrected chi connectivity index (χ1v) is 9.51. The number of hydrogen-bond acceptors (Lipinski definition) is 3. The van der Waals surface area contributed by atoms with Crippen LogP contribution >= 0.6 is 11.6 Å². The molecule has 5 heteroatoms. The van der Waals surface area contributed by atoms with Crippen LogP contribution in [0.2, 0.25) is 5.02 Å². The molecule has 140 valence electrons. The van der Waals surface area contributed by atoms with Crippen molar-refractivity contribution in [1.29, 1.82) is 0 Å². The van der Waals surface area contributed by atoms with Crippen molar-refractivity contribution in [2.75, 3.05) is 5.32 Å². The second-order valence-corrected chi connectivity index (χ2v) is 7.10. The largest absolute Gasteiger partial charge is 0.436 e. The number of amides is 1. The molecule has 5 rings (SSSR count). The molecule has 0 aliphatic rings. The Labute approximate surface area is 171 Å². The van der Waals surface area contributed by atoms with Gasteiger partial charge in [0.2, 0.25) is 5.89 Å². The van der Waals surface area contributed by atoms with Gasteiger partial charge in [0, 0.05) is 16.0 Å². The number of nitrogens with zero attached hydrogens (tertiary/aromatic N) is 1. The van der Waals surface area contributed by atoms with Gasteiger partial charge in [0.05, 0.1) is 11.3 Å². The Kier molecular flexibility index (Phi) is 4.26. The summed E-state index contributed by atoms with van der Waals surface area (Å²) >= 11 is 6.01. The van der Waals surface area contributed by atoms with Crippen LogP contribution in [0.25, 0.3) is 33.3 Å². The van der Waals surface area contributed by atoms with E-state index in [2.05, 4.69) is 5.32 Å². The molecule has 0 atom stereocenters. The van der Waals surface area contributed by atoms with Gasteiger partial charge in [-0.3, -0.25) is 4.79 Å². The number of para-hydroxylation sites is 1. The highest BCUT2D eigenvalue weighted by Crippen LogP contribution is 2.33. The summed E-state index contributed by atoms with van der Waals surface area (Å²) in [5.74, 6) is 0.208. The average molecular weight is 399 g/mol. The number of aromatic nitrogens is 1. The minimum atomic E-state index is -0.249. The zero-order chi connectivity index (χ0) is 19.8. The zero-order valence-electron chi connectivity index (χ0n) is 15.2. The maximum Gasteiger partial charge on any atom is 0.255 e. The van der Waals surface area contributed by atoms with E-state index in [1.165, 1.54) is 0 Å². The number of oxazole rings is 1. The molecule has 1 heterocycles. The van der Waals surface area contributed by atoms with E-state index >= 15 is 0 Å². The number of benzene rings is 4. The number of halogens is 1. The second kappa shape index (κ2) is 7.08. The van der Waals surface area contributed by atoms with Crippen LogP contribution in [0, 0.1) is 0 Å². The second-order valence-electron chi connectivity index (χ2n) is 6.66. The maximum atomic E-state index is 12.7. The van der Waals surface area contributed by atoms with E-state index in [1.54, 1.807) is 24.3 Å². The van der Waals surface area contributed by atoms with E-state index in [0.29, 0.717) is 33.3 Å².